The first-order valence-electron chi connectivity index (χ1n) is 7.76. The van der Waals surface area contributed by atoms with E-state index in [9.17, 15) is 4.79 Å². The van der Waals surface area contributed by atoms with E-state index in [1.165, 1.54) is 18.2 Å². The Kier molecular flexibility index (Phi) is 4.15. The summed E-state index contributed by atoms with van der Waals surface area (Å²) in [6.45, 7) is 4.92. The fraction of sp³-hybridized carbons (Fsp3) is 0.588. The Morgan fingerprint density at radius 2 is 2.14 bits per heavy atom. The summed E-state index contributed by atoms with van der Waals surface area (Å²) in [5, 5.41) is 0. The molecule has 0 radical (unpaired) electrons. The molecule has 0 N–H and O–H groups in total. The van der Waals surface area contributed by atoms with E-state index >= 15 is 0 Å². The van der Waals surface area contributed by atoms with Gasteiger partial charge in [-0.05, 0) is 50.0 Å². The maximum absolute atomic E-state index is 11.6. The van der Waals surface area contributed by atoms with E-state index in [2.05, 4.69) is 30.0 Å². The molecule has 4 nitrogen and oxygen atoms in total. The molecule has 2 heterocycles. The summed E-state index contributed by atoms with van der Waals surface area (Å²) in [5.74, 6) is 1.05. The minimum Gasteiger partial charge on any atom is -0.493 e. The SMILES string of the molecule is COC(=O)C1CCN(C(C)c2ccc3c(c2)OCC3)CC1. The van der Waals surface area contributed by atoms with Crippen molar-refractivity contribution in [1.82, 2.24) is 4.90 Å². The quantitative estimate of drug-likeness (QED) is 0.802. The van der Waals surface area contributed by atoms with Gasteiger partial charge in [0.2, 0.25) is 0 Å². The molecule has 0 aliphatic carbocycles. The van der Waals surface area contributed by atoms with E-state index in [1.54, 1.807) is 0 Å². The van der Waals surface area contributed by atoms with Crippen molar-refractivity contribution < 1.29 is 14.3 Å². The molecule has 114 valence electrons. The van der Waals surface area contributed by atoms with Gasteiger partial charge < -0.3 is 9.47 Å². The third kappa shape index (κ3) is 2.91. The lowest BCUT2D eigenvalue weighted by atomic mass is 9.94. The van der Waals surface area contributed by atoms with E-state index in [-0.39, 0.29) is 11.9 Å². The molecule has 2 aliphatic heterocycles. The van der Waals surface area contributed by atoms with E-state index < -0.39 is 0 Å². The summed E-state index contributed by atoms with van der Waals surface area (Å²) in [6.07, 6.45) is 2.80. The lowest BCUT2D eigenvalue weighted by molar-refractivity contribution is -0.147. The highest BCUT2D eigenvalue weighted by atomic mass is 16.5. The second-order valence-electron chi connectivity index (χ2n) is 5.97. The molecule has 1 aromatic carbocycles. The monoisotopic (exact) mass is 289 g/mol. The first-order chi connectivity index (χ1) is 10.2. The number of methoxy groups -OCH3 is 1. The van der Waals surface area contributed by atoms with Gasteiger partial charge in [-0.2, -0.15) is 0 Å². The van der Waals surface area contributed by atoms with Crippen molar-refractivity contribution in [2.24, 2.45) is 5.92 Å². The maximum atomic E-state index is 11.6. The van der Waals surface area contributed by atoms with Gasteiger partial charge in [0, 0.05) is 12.5 Å². The van der Waals surface area contributed by atoms with Crippen molar-refractivity contribution in [3.63, 3.8) is 0 Å². The van der Waals surface area contributed by atoms with Crippen LogP contribution in [-0.2, 0) is 16.0 Å². The Balaban J connectivity index is 1.64. The number of likely N-dealkylation sites (tertiary alicyclic amines) is 1. The number of fused-ring (bicyclic) bond motifs is 1. The molecule has 0 spiro atoms. The fourth-order valence-electron chi connectivity index (χ4n) is 3.34. The highest BCUT2D eigenvalue weighted by Gasteiger charge is 2.28. The van der Waals surface area contributed by atoms with E-state index in [0.29, 0.717) is 6.04 Å². The van der Waals surface area contributed by atoms with E-state index in [1.807, 2.05) is 0 Å². The molecule has 2 aliphatic rings. The molecule has 1 atom stereocenters. The number of nitrogens with zero attached hydrogens (tertiary/aromatic N) is 1. The Labute approximate surface area is 126 Å². The van der Waals surface area contributed by atoms with Gasteiger partial charge in [-0.1, -0.05) is 12.1 Å². The molecule has 0 amide bonds. The predicted molar refractivity (Wildman–Crippen MR) is 80.4 cm³/mol. The van der Waals surface area contributed by atoms with Crippen molar-refractivity contribution in [1.29, 1.82) is 0 Å². The number of esters is 1. The van der Waals surface area contributed by atoms with Crippen LogP contribution in [0.15, 0.2) is 18.2 Å². The molecular formula is C17H23NO3. The van der Waals surface area contributed by atoms with Crippen molar-refractivity contribution in [3.05, 3.63) is 29.3 Å². The van der Waals surface area contributed by atoms with Crippen molar-refractivity contribution in [2.75, 3.05) is 26.8 Å². The fourth-order valence-corrected chi connectivity index (χ4v) is 3.34. The summed E-state index contributed by atoms with van der Waals surface area (Å²) in [7, 11) is 1.47. The number of hydrogen-bond donors (Lipinski definition) is 0. The van der Waals surface area contributed by atoms with Crippen LogP contribution in [0, 0.1) is 5.92 Å². The second kappa shape index (κ2) is 6.06. The topological polar surface area (TPSA) is 38.8 Å². The molecule has 1 unspecified atom stereocenters. The standard InChI is InChI=1S/C17H23NO3/c1-12(15-4-3-13-7-10-21-16(13)11-15)18-8-5-14(6-9-18)17(19)20-2/h3-4,11-12,14H,5-10H2,1-2H3. The smallest absolute Gasteiger partial charge is 0.308 e. The molecule has 1 saturated heterocycles. The Morgan fingerprint density at radius 3 is 2.86 bits per heavy atom. The van der Waals surface area contributed by atoms with Crippen LogP contribution in [0.2, 0.25) is 0 Å². The highest BCUT2D eigenvalue weighted by Crippen LogP contribution is 2.32. The van der Waals surface area contributed by atoms with Crippen molar-refractivity contribution in [3.8, 4) is 5.75 Å². The molecule has 4 heteroatoms. The lowest BCUT2D eigenvalue weighted by Crippen LogP contribution is -2.38. The van der Waals surface area contributed by atoms with Crippen LogP contribution >= 0.6 is 0 Å². The molecule has 0 aromatic heterocycles. The van der Waals surface area contributed by atoms with Crippen LogP contribution in [0.4, 0.5) is 0 Å². The zero-order valence-corrected chi connectivity index (χ0v) is 12.8. The zero-order chi connectivity index (χ0) is 14.8. The van der Waals surface area contributed by atoms with Crippen LogP contribution in [0.25, 0.3) is 0 Å². The number of carbonyl (C=O) groups is 1. The average molecular weight is 289 g/mol. The minimum absolute atomic E-state index is 0.0618. The summed E-state index contributed by atoms with van der Waals surface area (Å²) < 4.78 is 10.5. The Bertz CT molecular complexity index is 521. The lowest BCUT2D eigenvalue weighted by Gasteiger charge is -2.35. The van der Waals surface area contributed by atoms with Gasteiger partial charge in [0.05, 0.1) is 19.6 Å². The second-order valence-corrected chi connectivity index (χ2v) is 5.97. The van der Waals surface area contributed by atoms with Crippen LogP contribution in [0.1, 0.15) is 36.9 Å². The number of piperidine rings is 1. The van der Waals surface area contributed by atoms with Gasteiger partial charge in [0.1, 0.15) is 5.75 Å². The van der Waals surface area contributed by atoms with Gasteiger partial charge in [0.15, 0.2) is 0 Å². The minimum atomic E-state index is -0.0618. The first kappa shape index (κ1) is 14.4. The number of benzene rings is 1. The van der Waals surface area contributed by atoms with Crippen LogP contribution in [0.5, 0.6) is 5.75 Å². The van der Waals surface area contributed by atoms with Crippen molar-refractivity contribution >= 4 is 5.97 Å². The number of hydrogen-bond acceptors (Lipinski definition) is 4. The predicted octanol–water partition coefficient (Wildman–Crippen LogP) is 2.57. The highest BCUT2D eigenvalue weighted by molar-refractivity contribution is 5.72. The third-order valence-electron chi connectivity index (χ3n) is 4.81. The number of rotatable bonds is 3. The summed E-state index contributed by atoms with van der Waals surface area (Å²) in [5.41, 5.74) is 2.61. The van der Waals surface area contributed by atoms with Gasteiger partial charge in [0.25, 0.3) is 0 Å². The molecule has 3 rings (SSSR count). The molecule has 1 aromatic rings. The zero-order valence-electron chi connectivity index (χ0n) is 12.8. The Hall–Kier alpha value is -1.55. The molecule has 21 heavy (non-hydrogen) atoms. The van der Waals surface area contributed by atoms with Crippen LogP contribution < -0.4 is 4.74 Å². The number of ether oxygens (including phenoxy) is 2. The van der Waals surface area contributed by atoms with Crippen LogP contribution in [0.3, 0.4) is 0 Å². The van der Waals surface area contributed by atoms with Gasteiger partial charge in [-0.15, -0.1) is 0 Å². The maximum Gasteiger partial charge on any atom is 0.308 e. The summed E-state index contributed by atoms with van der Waals surface area (Å²) in [4.78, 5) is 14.0. The average Bonchev–Trinajstić information content (AvgIpc) is 3.01. The molecule has 0 bridgehead atoms. The summed E-state index contributed by atoms with van der Waals surface area (Å²) in [6, 6.07) is 6.94. The van der Waals surface area contributed by atoms with E-state index in [0.717, 1.165) is 44.7 Å². The molecule has 0 saturated carbocycles. The molecular weight excluding hydrogens is 266 g/mol. The summed E-state index contributed by atoms with van der Waals surface area (Å²) >= 11 is 0. The third-order valence-corrected chi connectivity index (χ3v) is 4.81. The number of carbonyl (C=O) groups excluding carboxylic acids is 1. The largest absolute Gasteiger partial charge is 0.493 e. The first-order valence-corrected chi connectivity index (χ1v) is 7.76. The molecule has 1 fully saturated rings. The van der Waals surface area contributed by atoms with E-state index in [4.69, 9.17) is 9.47 Å². The normalized spacial score (nSPS) is 20.7. The van der Waals surface area contributed by atoms with Crippen molar-refractivity contribution in [2.45, 2.75) is 32.2 Å². The van der Waals surface area contributed by atoms with Gasteiger partial charge in [-0.3, -0.25) is 9.69 Å². The van der Waals surface area contributed by atoms with Gasteiger partial charge >= 0.3 is 5.97 Å². The van der Waals surface area contributed by atoms with Crippen LogP contribution in [-0.4, -0.2) is 37.7 Å². The Morgan fingerprint density at radius 1 is 1.38 bits per heavy atom. The van der Waals surface area contributed by atoms with Gasteiger partial charge in [-0.25, -0.2) is 0 Å².